The third-order valence-electron chi connectivity index (χ3n) is 3.24. The van der Waals surface area contributed by atoms with Crippen molar-refractivity contribution in [1.82, 2.24) is 15.3 Å². The molecule has 1 amide bonds. The van der Waals surface area contributed by atoms with Crippen LogP contribution in [0, 0.1) is 10.1 Å². The van der Waals surface area contributed by atoms with E-state index in [4.69, 9.17) is 0 Å². The molecular formula is C11H16N6O3. The van der Waals surface area contributed by atoms with Crippen molar-refractivity contribution in [2.45, 2.75) is 18.9 Å². The molecule has 1 aliphatic heterocycles. The molecular weight excluding hydrogens is 264 g/mol. The van der Waals surface area contributed by atoms with Gasteiger partial charge >= 0.3 is 5.69 Å². The molecule has 0 aromatic carbocycles. The van der Waals surface area contributed by atoms with Gasteiger partial charge in [0, 0.05) is 20.6 Å². The maximum absolute atomic E-state index is 11.9. The summed E-state index contributed by atoms with van der Waals surface area (Å²) in [4.78, 5) is 32.1. The topological polar surface area (TPSA) is 113 Å². The first-order valence-corrected chi connectivity index (χ1v) is 6.26. The molecule has 1 aromatic heterocycles. The third kappa shape index (κ3) is 2.46. The number of amides is 1. The average molecular weight is 280 g/mol. The maximum Gasteiger partial charge on any atom is 0.329 e. The Hall–Kier alpha value is -2.45. The molecule has 2 rings (SSSR count). The molecule has 0 saturated carbocycles. The zero-order chi connectivity index (χ0) is 14.7. The lowest BCUT2D eigenvalue weighted by Gasteiger charge is -2.24. The number of likely N-dealkylation sites (N-methyl/N-ethyl adjacent to an activating group) is 1. The fourth-order valence-corrected chi connectivity index (χ4v) is 2.29. The fourth-order valence-electron chi connectivity index (χ4n) is 2.29. The number of hydrogen-bond acceptors (Lipinski definition) is 7. The average Bonchev–Trinajstić information content (AvgIpc) is 2.94. The van der Waals surface area contributed by atoms with Gasteiger partial charge in [0.2, 0.25) is 17.7 Å². The van der Waals surface area contributed by atoms with Crippen LogP contribution in [-0.2, 0) is 4.79 Å². The quantitative estimate of drug-likeness (QED) is 0.595. The van der Waals surface area contributed by atoms with Crippen molar-refractivity contribution in [2.24, 2.45) is 0 Å². The molecule has 0 aliphatic carbocycles. The predicted molar refractivity (Wildman–Crippen MR) is 72.7 cm³/mol. The molecule has 0 spiro atoms. The van der Waals surface area contributed by atoms with E-state index in [0.717, 1.165) is 12.6 Å². The van der Waals surface area contributed by atoms with Crippen molar-refractivity contribution >= 4 is 23.4 Å². The van der Waals surface area contributed by atoms with Crippen molar-refractivity contribution < 1.29 is 9.72 Å². The van der Waals surface area contributed by atoms with Crippen molar-refractivity contribution in [1.29, 1.82) is 0 Å². The van der Waals surface area contributed by atoms with Gasteiger partial charge in [0.25, 0.3) is 0 Å². The van der Waals surface area contributed by atoms with Gasteiger partial charge in [-0.25, -0.2) is 4.98 Å². The summed E-state index contributed by atoms with van der Waals surface area (Å²) in [5.74, 6) is 0.301. The normalized spacial score (nSPS) is 17.9. The number of nitro groups is 1. The number of carbonyl (C=O) groups is 1. The van der Waals surface area contributed by atoms with Crippen molar-refractivity contribution in [3.8, 4) is 0 Å². The number of carbonyl (C=O) groups excluding carboxylic acids is 1. The van der Waals surface area contributed by atoms with Gasteiger partial charge in [-0.3, -0.25) is 14.9 Å². The molecule has 108 valence electrons. The summed E-state index contributed by atoms with van der Waals surface area (Å²) in [6.07, 6.45) is 2.59. The lowest BCUT2D eigenvalue weighted by atomic mass is 10.2. The number of nitrogens with zero attached hydrogens (tertiary/aromatic N) is 4. The van der Waals surface area contributed by atoms with Crippen molar-refractivity contribution in [3.05, 3.63) is 16.3 Å². The van der Waals surface area contributed by atoms with Gasteiger partial charge in [0.1, 0.15) is 12.2 Å². The van der Waals surface area contributed by atoms with Crippen LogP contribution in [0.2, 0.25) is 0 Å². The second kappa shape index (κ2) is 5.68. The van der Waals surface area contributed by atoms with Crippen molar-refractivity contribution in [3.63, 3.8) is 0 Å². The minimum absolute atomic E-state index is 0.165. The van der Waals surface area contributed by atoms with E-state index >= 15 is 0 Å². The summed E-state index contributed by atoms with van der Waals surface area (Å²) in [6, 6.07) is -0.432. The number of nitrogens with one attached hydrogen (secondary N) is 2. The van der Waals surface area contributed by atoms with E-state index < -0.39 is 11.0 Å². The Morgan fingerprint density at radius 2 is 2.30 bits per heavy atom. The Morgan fingerprint density at radius 3 is 2.90 bits per heavy atom. The van der Waals surface area contributed by atoms with E-state index in [-0.39, 0.29) is 23.4 Å². The van der Waals surface area contributed by atoms with Gasteiger partial charge in [-0.15, -0.1) is 0 Å². The van der Waals surface area contributed by atoms with Crippen LogP contribution in [0.1, 0.15) is 12.8 Å². The summed E-state index contributed by atoms with van der Waals surface area (Å²) >= 11 is 0. The number of rotatable bonds is 4. The smallest absolute Gasteiger partial charge is 0.329 e. The minimum Gasteiger partial charge on any atom is -0.357 e. The first-order valence-electron chi connectivity index (χ1n) is 6.26. The van der Waals surface area contributed by atoms with Gasteiger partial charge in [0.05, 0.1) is 4.92 Å². The SMILES string of the molecule is CNC(=O)C1CCCN1c1nc(NC)ncc1[N+](=O)[O-]. The summed E-state index contributed by atoms with van der Waals surface area (Å²) < 4.78 is 0. The molecule has 9 heteroatoms. The molecule has 1 aliphatic rings. The summed E-state index contributed by atoms with van der Waals surface area (Å²) in [6.45, 7) is 0.555. The van der Waals surface area contributed by atoms with Gasteiger partial charge in [0.15, 0.2) is 0 Å². The highest BCUT2D eigenvalue weighted by Gasteiger charge is 2.35. The van der Waals surface area contributed by atoms with E-state index in [9.17, 15) is 14.9 Å². The van der Waals surface area contributed by atoms with Gasteiger partial charge < -0.3 is 15.5 Å². The molecule has 0 bridgehead atoms. The molecule has 1 aromatic rings. The van der Waals surface area contributed by atoms with Crippen LogP contribution in [-0.4, -0.2) is 47.5 Å². The third-order valence-corrected chi connectivity index (χ3v) is 3.24. The lowest BCUT2D eigenvalue weighted by Crippen LogP contribution is -2.42. The van der Waals surface area contributed by atoms with Gasteiger partial charge in [-0.2, -0.15) is 4.98 Å². The van der Waals surface area contributed by atoms with Crippen LogP contribution < -0.4 is 15.5 Å². The Labute approximate surface area is 115 Å². The number of anilines is 2. The molecule has 9 nitrogen and oxygen atoms in total. The highest BCUT2D eigenvalue weighted by molar-refractivity contribution is 5.86. The van der Waals surface area contributed by atoms with Crippen LogP contribution in [0.25, 0.3) is 0 Å². The first-order chi connectivity index (χ1) is 9.58. The second-order valence-corrected chi connectivity index (χ2v) is 4.38. The lowest BCUT2D eigenvalue weighted by molar-refractivity contribution is -0.384. The molecule has 1 unspecified atom stereocenters. The van der Waals surface area contributed by atoms with E-state index in [1.165, 1.54) is 0 Å². The predicted octanol–water partition coefficient (Wildman–Crippen LogP) is 0.141. The molecule has 1 fully saturated rings. The molecule has 2 heterocycles. The Kier molecular flexibility index (Phi) is 3.97. The van der Waals surface area contributed by atoms with Gasteiger partial charge in [-0.05, 0) is 12.8 Å². The summed E-state index contributed by atoms with van der Waals surface area (Å²) in [5, 5.41) is 16.4. The molecule has 1 atom stereocenters. The van der Waals surface area contributed by atoms with Crippen LogP contribution in [0.3, 0.4) is 0 Å². The maximum atomic E-state index is 11.9. The summed E-state index contributed by atoms with van der Waals surface area (Å²) in [7, 11) is 3.18. The van der Waals surface area contributed by atoms with E-state index in [1.807, 2.05) is 0 Å². The highest BCUT2D eigenvalue weighted by Crippen LogP contribution is 2.32. The van der Waals surface area contributed by atoms with Crippen molar-refractivity contribution in [2.75, 3.05) is 30.9 Å². The number of aromatic nitrogens is 2. The number of hydrogen-bond donors (Lipinski definition) is 2. The Bertz CT molecular complexity index is 535. The zero-order valence-electron chi connectivity index (χ0n) is 11.3. The van der Waals surface area contributed by atoms with Crippen LogP contribution >= 0.6 is 0 Å². The Morgan fingerprint density at radius 1 is 1.55 bits per heavy atom. The molecule has 2 N–H and O–H groups in total. The van der Waals surface area contributed by atoms with E-state index in [1.54, 1.807) is 19.0 Å². The van der Waals surface area contributed by atoms with E-state index in [2.05, 4.69) is 20.6 Å². The molecule has 20 heavy (non-hydrogen) atoms. The van der Waals surface area contributed by atoms with Crippen LogP contribution in [0.5, 0.6) is 0 Å². The van der Waals surface area contributed by atoms with Crippen LogP contribution in [0.15, 0.2) is 6.20 Å². The highest BCUT2D eigenvalue weighted by atomic mass is 16.6. The zero-order valence-corrected chi connectivity index (χ0v) is 11.3. The molecule has 1 saturated heterocycles. The fraction of sp³-hybridized carbons (Fsp3) is 0.545. The monoisotopic (exact) mass is 280 g/mol. The standard InChI is InChI=1S/C11H16N6O3/c1-12-10(18)7-4-3-5-16(7)9-8(17(19)20)6-14-11(13-2)15-9/h6-7H,3-5H2,1-2H3,(H,12,18)(H,13,14,15). The minimum atomic E-state index is -0.534. The largest absolute Gasteiger partial charge is 0.357 e. The van der Waals surface area contributed by atoms with E-state index in [0.29, 0.717) is 13.0 Å². The van der Waals surface area contributed by atoms with Gasteiger partial charge in [-0.1, -0.05) is 0 Å². The molecule has 0 radical (unpaired) electrons. The van der Waals surface area contributed by atoms with Crippen LogP contribution in [0.4, 0.5) is 17.5 Å². The Balaban J connectivity index is 2.43. The first kappa shape index (κ1) is 14.0. The summed E-state index contributed by atoms with van der Waals surface area (Å²) in [5.41, 5.74) is -0.195. The second-order valence-electron chi connectivity index (χ2n) is 4.38.